The largest absolute Gasteiger partial charge is 0.465 e. The molecule has 84 valence electrons. The van der Waals surface area contributed by atoms with Gasteiger partial charge in [0, 0.05) is 6.42 Å². The summed E-state index contributed by atoms with van der Waals surface area (Å²) in [5.74, 6) is -0.712. The minimum Gasteiger partial charge on any atom is -0.465 e. The van der Waals surface area contributed by atoms with Gasteiger partial charge in [-0.25, -0.2) is 0 Å². The van der Waals surface area contributed by atoms with Crippen molar-refractivity contribution in [3.05, 3.63) is 0 Å². The van der Waals surface area contributed by atoms with E-state index in [1.807, 2.05) is 0 Å². The van der Waals surface area contributed by atoms with Gasteiger partial charge in [0.15, 0.2) is 0 Å². The molecular weight excluding hydrogens is 222 g/mol. The maximum atomic E-state index is 12.5. The van der Waals surface area contributed by atoms with Gasteiger partial charge in [-0.3, -0.25) is 9.35 Å². The number of ether oxygens (including phenoxy) is 1. The van der Waals surface area contributed by atoms with Crippen LogP contribution in [0.2, 0.25) is 0 Å². The summed E-state index contributed by atoms with van der Waals surface area (Å²) in [6.45, 7) is 0.711. The molecule has 0 aromatic heterocycles. The van der Waals surface area contributed by atoms with Gasteiger partial charge in [0.1, 0.15) is 0 Å². The summed E-state index contributed by atoms with van der Waals surface area (Å²) in [6.07, 6.45) is -1.24. The second-order valence-corrected chi connectivity index (χ2v) is 3.98. The molecular formula is C6H10F2O5S. The van der Waals surface area contributed by atoms with Crippen molar-refractivity contribution in [3.8, 4) is 0 Å². The lowest BCUT2D eigenvalue weighted by Crippen LogP contribution is -2.30. The van der Waals surface area contributed by atoms with Crippen LogP contribution >= 0.6 is 0 Å². The van der Waals surface area contributed by atoms with Crippen molar-refractivity contribution in [2.45, 2.75) is 25.0 Å². The van der Waals surface area contributed by atoms with Gasteiger partial charge >= 0.3 is 21.3 Å². The van der Waals surface area contributed by atoms with E-state index in [1.54, 1.807) is 0 Å². The predicted octanol–water partition coefficient (Wildman–Crippen LogP) is 0.810. The Hall–Kier alpha value is -0.760. The molecule has 0 fully saturated rings. The third-order valence-corrected chi connectivity index (χ3v) is 2.28. The van der Waals surface area contributed by atoms with Crippen molar-refractivity contribution in [2.24, 2.45) is 0 Å². The van der Waals surface area contributed by atoms with E-state index in [0.29, 0.717) is 0 Å². The second kappa shape index (κ2) is 4.65. The van der Waals surface area contributed by atoms with Gasteiger partial charge in [0.25, 0.3) is 0 Å². The first-order chi connectivity index (χ1) is 6.20. The van der Waals surface area contributed by atoms with Gasteiger partial charge in [-0.05, 0) is 0 Å². The summed E-state index contributed by atoms with van der Waals surface area (Å²) in [6, 6.07) is 0. The van der Waals surface area contributed by atoms with E-state index in [2.05, 4.69) is 4.74 Å². The standard InChI is InChI=1S/C6H10F2O5S/c1-2-5(9)13-4-3-6(7,8)14(10,11)12/h2-4H2,1H3,(H,10,11,12). The number of carbonyl (C=O) groups is 1. The molecule has 0 aromatic carbocycles. The normalized spacial score (nSPS) is 12.6. The fraction of sp³-hybridized carbons (Fsp3) is 0.833. The minimum absolute atomic E-state index is 0.0114. The van der Waals surface area contributed by atoms with Crippen molar-refractivity contribution >= 4 is 16.1 Å². The first-order valence-electron chi connectivity index (χ1n) is 3.71. The van der Waals surface area contributed by atoms with Crippen molar-refractivity contribution in [1.29, 1.82) is 0 Å². The molecule has 0 unspecified atom stereocenters. The molecule has 0 saturated heterocycles. The second-order valence-electron chi connectivity index (χ2n) is 2.44. The molecule has 0 bridgehead atoms. The van der Waals surface area contributed by atoms with E-state index in [9.17, 15) is 22.0 Å². The Morgan fingerprint density at radius 1 is 1.50 bits per heavy atom. The number of rotatable bonds is 5. The molecule has 0 radical (unpaired) electrons. The Balaban J connectivity index is 4.08. The van der Waals surface area contributed by atoms with Crippen LogP contribution in [0.1, 0.15) is 19.8 Å². The van der Waals surface area contributed by atoms with E-state index in [1.165, 1.54) is 6.92 Å². The Morgan fingerprint density at radius 2 is 2.00 bits per heavy atom. The Kier molecular flexibility index (Phi) is 4.40. The number of halogens is 2. The summed E-state index contributed by atoms with van der Waals surface area (Å²) < 4.78 is 57.3. The van der Waals surface area contributed by atoms with Crippen LogP contribution in [0.4, 0.5) is 8.78 Å². The van der Waals surface area contributed by atoms with Crippen LogP contribution in [-0.4, -0.2) is 30.8 Å². The summed E-state index contributed by atoms with van der Waals surface area (Å²) in [7, 11) is -5.43. The van der Waals surface area contributed by atoms with Crippen LogP contribution in [0.25, 0.3) is 0 Å². The zero-order chi connectivity index (χ0) is 11.4. The molecule has 0 aliphatic rings. The van der Waals surface area contributed by atoms with E-state index in [4.69, 9.17) is 4.55 Å². The quantitative estimate of drug-likeness (QED) is 0.560. The molecule has 0 spiro atoms. The lowest BCUT2D eigenvalue weighted by atomic mass is 10.4. The number of esters is 1. The van der Waals surface area contributed by atoms with E-state index >= 15 is 0 Å². The molecule has 8 heteroatoms. The third kappa shape index (κ3) is 3.97. The monoisotopic (exact) mass is 232 g/mol. The predicted molar refractivity (Wildman–Crippen MR) is 42.4 cm³/mol. The number of alkyl halides is 2. The van der Waals surface area contributed by atoms with Crippen molar-refractivity contribution in [1.82, 2.24) is 0 Å². The van der Waals surface area contributed by atoms with Crippen molar-refractivity contribution < 1.29 is 31.3 Å². The molecule has 0 amide bonds. The molecule has 14 heavy (non-hydrogen) atoms. The SMILES string of the molecule is CCC(=O)OCCC(F)(F)S(=O)(=O)O. The molecule has 0 aliphatic heterocycles. The van der Waals surface area contributed by atoms with Gasteiger partial charge < -0.3 is 4.74 Å². The highest BCUT2D eigenvalue weighted by molar-refractivity contribution is 7.86. The smallest absolute Gasteiger partial charge is 0.373 e. The molecule has 1 N–H and O–H groups in total. The van der Waals surface area contributed by atoms with Crippen LogP contribution in [0.3, 0.4) is 0 Å². The highest BCUT2D eigenvalue weighted by Gasteiger charge is 2.43. The van der Waals surface area contributed by atoms with Crippen LogP contribution < -0.4 is 0 Å². The summed E-state index contributed by atoms with van der Waals surface area (Å²) in [5.41, 5.74) is 0. The maximum Gasteiger partial charge on any atom is 0.373 e. The summed E-state index contributed by atoms with van der Waals surface area (Å²) >= 11 is 0. The van der Waals surface area contributed by atoms with Crippen molar-refractivity contribution in [2.75, 3.05) is 6.61 Å². The van der Waals surface area contributed by atoms with Gasteiger partial charge in [-0.2, -0.15) is 17.2 Å². The fourth-order valence-corrected chi connectivity index (χ4v) is 0.856. The summed E-state index contributed by atoms with van der Waals surface area (Å²) in [5, 5.41) is -4.28. The molecule has 0 rings (SSSR count). The average Bonchev–Trinajstić information content (AvgIpc) is 2.01. The lowest BCUT2D eigenvalue weighted by Gasteiger charge is -2.12. The molecule has 0 aromatic rings. The van der Waals surface area contributed by atoms with Crippen molar-refractivity contribution in [3.63, 3.8) is 0 Å². The topological polar surface area (TPSA) is 80.7 Å². The number of hydrogen-bond donors (Lipinski definition) is 1. The van der Waals surface area contributed by atoms with E-state index in [-0.39, 0.29) is 6.42 Å². The Bertz CT molecular complexity index is 297. The number of hydrogen-bond acceptors (Lipinski definition) is 4. The molecule has 0 aliphatic carbocycles. The number of carbonyl (C=O) groups excluding carboxylic acids is 1. The molecule has 0 atom stereocenters. The van der Waals surface area contributed by atoms with Gasteiger partial charge in [-0.1, -0.05) is 6.92 Å². The van der Waals surface area contributed by atoms with Gasteiger partial charge in [-0.15, -0.1) is 0 Å². The Labute approximate surface area is 79.8 Å². The maximum absolute atomic E-state index is 12.5. The van der Waals surface area contributed by atoms with Crippen LogP contribution in [0.15, 0.2) is 0 Å². The van der Waals surface area contributed by atoms with Gasteiger partial charge in [0.05, 0.1) is 13.0 Å². The van der Waals surface area contributed by atoms with E-state index in [0.717, 1.165) is 0 Å². The zero-order valence-electron chi connectivity index (χ0n) is 7.37. The van der Waals surface area contributed by atoms with E-state index < -0.39 is 34.4 Å². The zero-order valence-corrected chi connectivity index (χ0v) is 8.18. The third-order valence-electron chi connectivity index (χ3n) is 1.32. The fourth-order valence-electron chi connectivity index (χ4n) is 0.515. The molecule has 0 heterocycles. The minimum atomic E-state index is -5.43. The highest BCUT2D eigenvalue weighted by atomic mass is 32.2. The average molecular weight is 232 g/mol. The Morgan fingerprint density at radius 3 is 2.36 bits per heavy atom. The van der Waals surface area contributed by atoms with Crippen LogP contribution in [0.5, 0.6) is 0 Å². The van der Waals surface area contributed by atoms with Crippen LogP contribution in [-0.2, 0) is 19.6 Å². The summed E-state index contributed by atoms with van der Waals surface area (Å²) in [4.78, 5) is 10.5. The first kappa shape index (κ1) is 13.2. The molecule has 0 saturated carbocycles. The lowest BCUT2D eigenvalue weighted by molar-refractivity contribution is -0.144. The van der Waals surface area contributed by atoms with Gasteiger partial charge in [0.2, 0.25) is 0 Å². The first-order valence-corrected chi connectivity index (χ1v) is 5.15. The highest BCUT2D eigenvalue weighted by Crippen LogP contribution is 2.24. The van der Waals surface area contributed by atoms with Crippen LogP contribution in [0, 0.1) is 0 Å². The molecule has 5 nitrogen and oxygen atoms in total.